The van der Waals surface area contributed by atoms with Crippen LogP contribution in [0.2, 0.25) is 0 Å². The van der Waals surface area contributed by atoms with Crippen LogP contribution in [-0.4, -0.2) is 64.8 Å². The molecule has 1 fully saturated rings. The largest absolute Gasteiger partial charge is 0.387 e. The van der Waals surface area contributed by atoms with Gasteiger partial charge in [0.15, 0.2) is 5.82 Å². The fraction of sp³-hybridized carbons (Fsp3) is 0.368. The number of aliphatic hydroxyl groups excluding tert-OH is 1. The second-order valence-corrected chi connectivity index (χ2v) is 6.48. The lowest BCUT2D eigenvalue weighted by Gasteiger charge is -2.35. The molecule has 0 spiro atoms. The van der Waals surface area contributed by atoms with E-state index in [4.69, 9.17) is 5.11 Å². The minimum Gasteiger partial charge on any atom is -0.387 e. The van der Waals surface area contributed by atoms with Crippen LogP contribution in [0.15, 0.2) is 36.4 Å². The second kappa shape index (κ2) is 8.59. The molecule has 0 aliphatic carbocycles. The van der Waals surface area contributed by atoms with Crippen LogP contribution >= 0.6 is 0 Å². The first-order valence-electron chi connectivity index (χ1n) is 8.88. The van der Waals surface area contributed by atoms with E-state index in [0.717, 1.165) is 30.2 Å². The van der Waals surface area contributed by atoms with Crippen LogP contribution in [0.25, 0.3) is 0 Å². The highest BCUT2D eigenvalue weighted by Crippen LogP contribution is 2.15. The van der Waals surface area contributed by atoms with E-state index in [2.05, 4.69) is 20.4 Å². The van der Waals surface area contributed by atoms with Gasteiger partial charge < -0.3 is 20.2 Å². The Morgan fingerprint density at radius 1 is 1.04 bits per heavy atom. The Balaban J connectivity index is 1.50. The van der Waals surface area contributed by atoms with Crippen molar-refractivity contribution in [1.29, 1.82) is 0 Å². The molecule has 1 saturated heterocycles. The molecule has 0 unspecified atom stereocenters. The van der Waals surface area contributed by atoms with Crippen molar-refractivity contribution in [1.82, 2.24) is 15.1 Å². The Hall–Kier alpha value is -3.00. The molecule has 1 aromatic heterocycles. The quantitative estimate of drug-likeness (QED) is 0.801. The van der Waals surface area contributed by atoms with E-state index < -0.39 is 12.5 Å². The summed E-state index contributed by atoms with van der Waals surface area (Å²) in [5.74, 6) is 0.458. The van der Waals surface area contributed by atoms with Gasteiger partial charge in [-0.1, -0.05) is 12.1 Å². The van der Waals surface area contributed by atoms with Gasteiger partial charge in [-0.05, 0) is 36.8 Å². The van der Waals surface area contributed by atoms with Gasteiger partial charge in [0, 0.05) is 31.9 Å². The molecular formula is C19H23N5O3. The molecule has 142 valence electrons. The third-order valence-corrected chi connectivity index (χ3v) is 4.48. The first kappa shape index (κ1) is 18.8. The summed E-state index contributed by atoms with van der Waals surface area (Å²) in [7, 11) is 0. The maximum Gasteiger partial charge on any atom is 0.250 e. The molecule has 1 aromatic carbocycles. The fourth-order valence-electron chi connectivity index (χ4n) is 2.94. The number of aliphatic hydroxyl groups is 1. The third-order valence-electron chi connectivity index (χ3n) is 4.48. The molecule has 0 saturated carbocycles. The number of carbonyl (C=O) groups excluding carboxylic acids is 2. The van der Waals surface area contributed by atoms with Crippen molar-refractivity contribution in [2.45, 2.75) is 13.3 Å². The normalized spacial score (nSPS) is 14.1. The lowest BCUT2D eigenvalue weighted by molar-refractivity contribution is -0.130. The molecule has 8 nitrogen and oxygen atoms in total. The lowest BCUT2D eigenvalue weighted by atomic mass is 10.1. The highest BCUT2D eigenvalue weighted by Gasteiger charge is 2.22. The topological polar surface area (TPSA) is 98.7 Å². The maximum atomic E-state index is 12.5. The van der Waals surface area contributed by atoms with E-state index in [9.17, 15) is 9.59 Å². The molecule has 1 aliphatic rings. The van der Waals surface area contributed by atoms with Gasteiger partial charge in [0.25, 0.3) is 0 Å². The number of hydrogen-bond donors (Lipinski definition) is 2. The van der Waals surface area contributed by atoms with E-state index in [1.165, 1.54) is 0 Å². The van der Waals surface area contributed by atoms with Crippen LogP contribution in [-0.2, 0) is 16.0 Å². The Kier molecular flexibility index (Phi) is 5.97. The van der Waals surface area contributed by atoms with Crippen molar-refractivity contribution in [2.75, 3.05) is 43.0 Å². The summed E-state index contributed by atoms with van der Waals surface area (Å²) in [5.41, 5.74) is 2.36. The summed E-state index contributed by atoms with van der Waals surface area (Å²) in [6.45, 7) is 4.12. The minimum absolute atomic E-state index is 0.0804. The number of anilines is 2. The van der Waals surface area contributed by atoms with Gasteiger partial charge >= 0.3 is 0 Å². The molecule has 0 bridgehead atoms. The third kappa shape index (κ3) is 5.01. The molecule has 27 heavy (non-hydrogen) atoms. The maximum absolute atomic E-state index is 12.5. The van der Waals surface area contributed by atoms with E-state index >= 15 is 0 Å². The Morgan fingerprint density at radius 2 is 1.74 bits per heavy atom. The zero-order chi connectivity index (χ0) is 19.2. The van der Waals surface area contributed by atoms with Crippen LogP contribution < -0.4 is 10.2 Å². The molecule has 0 atom stereocenters. The highest BCUT2D eigenvalue weighted by atomic mass is 16.3. The standard InChI is InChI=1S/C19H23N5O3/c1-14-2-7-17(22-21-14)23-8-10-24(11-9-23)19(27)12-15-3-5-16(6-4-15)20-18(26)13-25/h2-7,25H,8-13H2,1H3,(H,20,26). The lowest BCUT2D eigenvalue weighted by Crippen LogP contribution is -2.49. The molecule has 0 radical (unpaired) electrons. The van der Waals surface area contributed by atoms with E-state index in [0.29, 0.717) is 25.2 Å². The highest BCUT2D eigenvalue weighted by molar-refractivity contribution is 5.91. The Labute approximate surface area is 157 Å². The van der Waals surface area contributed by atoms with E-state index in [-0.39, 0.29) is 5.91 Å². The second-order valence-electron chi connectivity index (χ2n) is 6.48. The van der Waals surface area contributed by atoms with Crippen molar-refractivity contribution < 1.29 is 14.7 Å². The number of piperazine rings is 1. The van der Waals surface area contributed by atoms with Gasteiger partial charge in [-0.25, -0.2) is 0 Å². The summed E-state index contributed by atoms with van der Waals surface area (Å²) < 4.78 is 0. The molecular weight excluding hydrogens is 346 g/mol. The molecule has 8 heteroatoms. The van der Waals surface area contributed by atoms with Crippen molar-refractivity contribution in [3.05, 3.63) is 47.7 Å². The SMILES string of the molecule is Cc1ccc(N2CCN(C(=O)Cc3ccc(NC(=O)CO)cc3)CC2)nn1. The van der Waals surface area contributed by atoms with Gasteiger partial charge in [-0.15, -0.1) is 5.10 Å². The smallest absolute Gasteiger partial charge is 0.250 e. The zero-order valence-corrected chi connectivity index (χ0v) is 15.3. The molecule has 2 N–H and O–H groups in total. The van der Waals surface area contributed by atoms with Crippen LogP contribution in [0.3, 0.4) is 0 Å². The van der Waals surface area contributed by atoms with Crippen LogP contribution in [0.1, 0.15) is 11.3 Å². The number of rotatable bonds is 5. The first-order chi connectivity index (χ1) is 13.0. The number of amides is 2. The number of nitrogens with zero attached hydrogens (tertiary/aromatic N) is 4. The summed E-state index contributed by atoms with van der Waals surface area (Å²) in [4.78, 5) is 27.7. The molecule has 1 aliphatic heterocycles. The number of carbonyl (C=O) groups is 2. The van der Waals surface area contributed by atoms with Crippen LogP contribution in [0, 0.1) is 6.92 Å². The minimum atomic E-state index is -0.555. The summed E-state index contributed by atoms with van der Waals surface area (Å²) in [5, 5.41) is 19.6. The zero-order valence-electron chi connectivity index (χ0n) is 15.3. The molecule has 2 amide bonds. The number of aryl methyl sites for hydroxylation is 1. The van der Waals surface area contributed by atoms with E-state index in [1.54, 1.807) is 12.1 Å². The van der Waals surface area contributed by atoms with Crippen molar-refractivity contribution in [2.24, 2.45) is 0 Å². The average Bonchev–Trinajstić information content (AvgIpc) is 2.70. The van der Waals surface area contributed by atoms with Crippen molar-refractivity contribution in [3.63, 3.8) is 0 Å². The van der Waals surface area contributed by atoms with Crippen molar-refractivity contribution in [3.8, 4) is 0 Å². The number of benzene rings is 1. The van der Waals surface area contributed by atoms with Crippen LogP contribution in [0.4, 0.5) is 11.5 Å². The number of hydrogen-bond acceptors (Lipinski definition) is 6. The van der Waals surface area contributed by atoms with Gasteiger partial charge in [-0.3, -0.25) is 9.59 Å². The average molecular weight is 369 g/mol. The number of aromatic nitrogens is 2. The van der Waals surface area contributed by atoms with E-state index in [1.807, 2.05) is 36.1 Å². The summed E-state index contributed by atoms with van der Waals surface area (Å²) in [6, 6.07) is 11.0. The molecule has 3 rings (SSSR count). The predicted octanol–water partition coefficient (Wildman–Crippen LogP) is 0.607. The summed E-state index contributed by atoms with van der Waals surface area (Å²) in [6.07, 6.45) is 0.318. The van der Waals surface area contributed by atoms with Gasteiger partial charge in [0.05, 0.1) is 12.1 Å². The van der Waals surface area contributed by atoms with Crippen LogP contribution in [0.5, 0.6) is 0 Å². The Bertz CT molecular complexity index is 784. The van der Waals surface area contributed by atoms with Crippen molar-refractivity contribution >= 4 is 23.3 Å². The Morgan fingerprint density at radius 3 is 2.33 bits per heavy atom. The monoisotopic (exact) mass is 369 g/mol. The fourth-order valence-corrected chi connectivity index (χ4v) is 2.94. The first-order valence-corrected chi connectivity index (χ1v) is 8.88. The number of nitrogens with one attached hydrogen (secondary N) is 1. The van der Waals surface area contributed by atoms with Gasteiger partial charge in [0.1, 0.15) is 6.61 Å². The van der Waals surface area contributed by atoms with Gasteiger partial charge in [-0.2, -0.15) is 5.10 Å². The molecule has 2 aromatic rings. The molecule has 2 heterocycles. The summed E-state index contributed by atoms with van der Waals surface area (Å²) >= 11 is 0. The predicted molar refractivity (Wildman–Crippen MR) is 101 cm³/mol. The van der Waals surface area contributed by atoms with Gasteiger partial charge in [0.2, 0.25) is 11.8 Å².